The number of barbiturate groups is 1. The van der Waals surface area contributed by atoms with E-state index in [2.05, 4.69) is 15.6 Å². The molecule has 3 heterocycles. The Morgan fingerprint density at radius 1 is 1.19 bits per heavy atom. The molecule has 136 valence electrons. The second-order valence-corrected chi connectivity index (χ2v) is 6.86. The fourth-order valence-electron chi connectivity index (χ4n) is 3.95. The monoisotopic (exact) mass is 354 g/mol. The van der Waals surface area contributed by atoms with Gasteiger partial charge in [0, 0.05) is 23.1 Å². The minimum atomic E-state index is -0.948. The minimum absolute atomic E-state index is 0.331. The summed E-state index contributed by atoms with van der Waals surface area (Å²) in [6.07, 6.45) is 2.41. The van der Waals surface area contributed by atoms with Crippen LogP contribution in [0.5, 0.6) is 0 Å². The number of fused-ring (bicyclic) bond motifs is 3. The molecular formula is C19H22N4O3. The summed E-state index contributed by atoms with van der Waals surface area (Å²) < 4.78 is 0. The molecule has 2 atom stereocenters. The maximum absolute atomic E-state index is 13.0. The first-order valence-corrected chi connectivity index (χ1v) is 9.11. The number of rotatable bonds is 4. The highest BCUT2D eigenvalue weighted by Gasteiger charge is 2.46. The van der Waals surface area contributed by atoms with Gasteiger partial charge in [-0.25, -0.2) is 4.79 Å². The molecule has 2 aliphatic heterocycles. The molecule has 7 heteroatoms. The van der Waals surface area contributed by atoms with Gasteiger partial charge in [-0.15, -0.1) is 0 Å². The Balaban J connectivity index is 1.72. The smallest absolute Gasteiger partial charge is 0.330 e. The molecule has 2 aliphatic rings. The fourth-order valence-corrected chi connectivity index (χ4v) is 3.95. The number of hydrogen-bond donors (Lipinski definition) is 3. The number of carbonyl (C=O) groups is 3. The molecule has 7 nitrogen and oxygen atoms in total. The summed E-state index contributed by atoms with van der Waals surface area (Å²) in [7, 11) is 0. The molecule has 1 aromatic carbocycles. The Hall–Kier alpha value is -2.67. The first kappa shape index (κ1) is 16.8. The molecule has 3 N–H and O–H groups in total. The van der Waals surface area contributed by atoms with E-state index >= 15 is 0 Å². The molecule has 1 aromatic heterocycles. The van der Waals surface area contributed by atoms with Gasteiger partial charge in [0.2, 0.25) is 11.8 Å². The highest BCUT2D eigenvalue weighted by atomic mass is 16.2. The number of para-hydroxylation sites is 1. The number of hydrogen-bond acceptors (Lipinski definition) is 4. The number of imide groups is 2. The molecule has 0 bridgehead atoms. The third kappa shape index (κ3) is 2.59. The highest BCUT2D eigenvalue weighted by molar-refractivity contribution is 6.16. The van der Waals surface area contributed by atoms with E-state index < -0.39 is 29.8 Å². The molecule has 0 aliphatic carbocycles. The number of benzene rings is 1. The van der Waals surface area contributed by atoms with Crippen molar-refractivity contribution in [2.75, 3.05) is 13.1 Å². The van der Waals surface area contributed by atoms with E-state index in [-0.39, 0.29) is 0 Å². The van der Waals surface area contributed by atoms with Crippen LogP contribution in [0.1, 0.15) is 37.1 Å². The molecule has 2 unspecified atom stereocenters. The van der Waals surface area contributed by atoms with Gasteiger partial charge in [-0.2, -0.15) is 0 Å². The van der Waals surface area contributed by atoms with Crippen LogP contribution in [0.25, 0.3) is 10.9 Å². The third-order valence-electron chi connectivity index (χ3n) is 5.26. The molecule has 1 fully saturated rings. The molecule has 0 spiro atoms. The Kier molecular flexibility index (Phi) is 4.24. The number of nitrogens with one attached hydrogen (secondary N) is 3. The average Bonchev–Trinajstić information content (AvgIpc) is 3.01. The largest absolute Gasteiger partial charge is 0.357 e. The van der Waals surface area contributed by atoms with Crippen molar-refractivity contribution in [3.05, 3.63) is 35.5 Å². The molecule has 2 aromatic rings. The third-order valence-corrected chi connectivity index (χ3v) is 5.26. The summed E-state index contributed by atoms with van der Waals surface area (Å²) in [5.41, 5.74) is 3.01. The van der Waals surface area contributed by atoms with E-state index in [1.807, 2.05) is 31.2 Å². The minimum Gasteiger partial charge on any atom is -0.357 e. The lowest BCUT2D eigenvalue weighted by Gasteiger charge is -2.36. The molecule has 0 saturated carbocycles. The highest BCUT2D eigenvalue weighted by Crippen LogP contribution is 2.35. The number of aromatic amines is 1. The van der Waals surface area contributed by atoms with E-state index in [0.29, 0.717) is 13.1 Å². The lowest BCUT2D eigenvalue weighted by atomic mass is 9.87. The van der Waals surface area contributed by atoms with Gasteiger partial charge in [0.25, 0.3) is 0 Å². The van der Waals surface area contributed by atoms with Crippen LogP contribution in [0.4, 0.5) is 4.79 Å². The maximum atomic E-state index is 13.0. The van der Waals surface area contributed by atoms with Gasteiger partial charge in [0.1, 0.15) is 5.92 Å². The van der Waals surface area contributed by atoms with Crippen LogP contribution in [0, 0.1) is 5.92 Å². The predicted molar refractivity (Wildman–Crippen MR) is 96.4 cm³/mol. The summed E-state index contributed by atoms with van der Waals surface area (Å²) in [6.45, 7) is 3.01. The molecule has 4 amide bonds. The number of urea groups is 1. The number of amides is 4. The van der Waals surface area contributed by atoms with E-state index in [1.54, 1.807) is 0 Å². The number of nitrogens with zero attached hydrogens (tertiary/aromatic N) is 1. The Morgan fingerprint density at radius 2 is 2.00 bits per heavy atom. The second kappa shape index (κ2) is 6.57. The molecular weight excluding hydrogens is 332 g/mol. The Bertz CT molecular complexity index is 888. The maximum Gasteiger partial charge on any atom is 0.330 e. The summed E-state index contributed by atoms with van der Waals surface area (Å²) >= 11 is 0. The summed E-state index contributed by atoms with van der Waals surface area (Å²) in [5.74, 6) is -1.90. The van der Waals surface area contributed by atoms with Crippen LogP contribution in [-0.2, 0) is 16.0 Å². The zero-order valence-corrected chi connectivity index (χ0v) is 14.7. The van der Waals surface area contributed by atoms with E-state index in [0.717, 1.165) is 41.4 Å². The number of unbranched alkanes of at least 4 members (excludes halogenated alkanes) is 1. The van der Waals surface area contributed by atoms with Crippen molar-refractivity contribution in [2.24, 2.45) is 5.92 Å². The summed E-state index contributed by atoms with van der Waals surface area (Å²) in [4.78, 5) is 42.1. The lowest BCUT2D eigenvalue weighted by Crippen LogP contribution is -2.61. The van der Waals surface area contributed by atoms with Gasteiger partial charge in [0.05, 0.1) is 6.04 Å². The zero-order valence-electron chi connectivity index (χ0n) is 14.7. The van der Waals surface area contributed by atoms with Crippen molar-refractivity contribution >= 4 is 28.7 Å². The second-order valence-electron chi connectivity index (χ2n) is 6.86. The van der Waals surface area contributed by atoms with Crippen LogP contribution in [0.3, 0.4) is 0 Å². The standard InChI is InChI=1S/C19H22N4O3/c1-2-3-10-23-18(25)14(17(24)22-19(23)26)16-15-12(8-9-20-16)11-6-4-5-7-13(11)21-15/h4-7,14,16,20-21H,2-3,8-10H2,1H3,(H,22,24,26). The van der Waals surface area contributed by atoms with Gasteiger partial charge in [-0.3, -0.25) is 19.8 Å². The number of carbonyl (C=O) groups excluding carboxylic acids is 3. The van der Waals surface area contributed by atoms with Gasteiger partial charge >= 0.3 is 6.03 Å². The Labute approximate surface area is 151 Å². The van der Waals surface area contributed by atoms with Crippen LogP contribution < -0.4 is 10.6 Å². The molecule has 1 saturated heterocycles. The van der Waals surface area contributed by atoms with Gasteiger partial charge < -0.3 is 10.3 Å². The molecule has 4 rings (SSSR count). The molecule has 0 radical (unpaired) electrons. The van der Waals surface area contributed by atoms with E-state index in [9.17, 15) is 14.4 Å². The normalized spacial score (nSPS) is 23.3. The van der Waals surface area contributed by atoms with Crippen LogP contribution in [0.2, 0.25) is 0 Å². The quantitative estimate of drug-likeness (QED) is 0.731. The van der Waals surface area contributed by atoms with Gasteiger partial charge in [-0.1, -0.05) is 31.5 Å². The molecule has 26 heavy (non-hydrogen) atoms. The van der Waals surface area contributed by atoms with Crippen LogP contribution in [-0.4, -0.2) is 40.8 Å². The van der Waals surface area contributed by atoms with Crippen LogP contribution in [0.15, 0.2) is 24.3 Å². The summed E-state index contributed by atoms with van der Waals surface area (Å²) in [6, 6.07) is 6.90. The van der Waals surface area contributed by atoms with Crippen molar-refractivity contribution in [3.63, 3.8) is 0 Å². The number of aromatic nitrogens is 1. The topological polar surface area (TPSA) is 94.3 Å². The van der Waals surface area contributed by atoms with Crippen LogP contribution >= 0.6 is 0 Å². The van der Waals surface area contributed by atoms with Gasteiger partial charge in [0.15, 0.2) is 0 Å². The van der Waals surface area contributed by atoms with Gasteiger partial charge in [-0.05, 0) is 31.0 Å². The predicted octanol–water partition coefficient (Wildman–Crippen LogP) is 1.85. The van der Waals surface area contributed by atoms with E-state index in [4.69, 9.17) is 0 Å². The first-order chi connectivity index (χ1) is 12.6. The first-order valence-electron chi connectivity index (χ1n) is 9.11. The summed E-state index contributed by atoms with van der Waals surface area (Å²) in [5, 5.41) is 6.78. The van der Waals surface area contributed by atoms with Crippen molar-refractivity contribution in [2.45, 2.75) is 32.2 Å². The van der Waals surface area contributed by atoms with Crippen molar-refractivity contribution in [1.29, 1.82) is 0 Å². The zero-order chi connectivity index (χ0) is 18.3. The fraction of sp³-hybridized carbons (Fsp3) is 0.421. The Morgan fingerprint density at radius 3 is 2.81 bits per heavy atom. The van der Waals surface area contributed by atoms with Crippen molar-refractivity contribution < 1.29 is 14.4 Å². The average molecular weight is 354 g/mol. The van der Waals surface area contributed by atoms with Crippen molar-refractivity contribution in [1.82, 2.24) is 20.5 Å². The SMILES string of the molecule is CCCCN1C(=O)NC(=O)C(C2NCCc3c2[nH]c2ccccc32)C1=O. The van der Waals surface area contributed by atoms with Crippen molar-refractivity contribution in [3.8, 4) is 0 Å². The number of H-pyrrole nitrogens is 1. The van der Waals surface area contributed by atoms with E-state index in [1.165, 1.54) is 4.90 Å². The lowest BCUT2D eigenvalue weighted by molar-refractivity contribution is -0.144.